The van der Waals surface area contributed by atoms with Crippen LogP contribution in [0.3, 0.4) is 0 Å². The minimum absolute atomic E-state index is 0.157. The van der Waals surface area contributed by atoms with E-state index in [9.17, 15) is 5.26 Å². The molecule has 1 aliphatic carbocycles. The van der Waals surface area contributed by atoms with E-state index in [1.807, 2.05) is 18.2 Å². The first-order valence-electron chi connectivity index (χ1n) is 7.50. The Morgan fingerprint density at radius 1 is 1.30 bits per heavy atom. The molecule has 3 unspecified atom stereocenters. The van der Waals surface area contributed by atoms with Gasteiger partial charge in [-0.15, -0.1) is 0 Å². The third kappa shape index (κ3) is 3.53. The number of benzene rings is 1. The lowest BCUT2D eigenvalue weighted by atomic mass is 9.93. The smallest absolute Gasteiger partial charge is 0.0672 e. The fraction of sp³-hybridized carbons (Fsp3) is 0.588. The summed E-state index contributed by atoms with van der Waals surface area (Å²) in [6, 6.07) is 11.2. The van der Waals surface area contributed by atoms with Crippen LogP contribution in [0.15, 0.2) is 24.3 Å². The summed E-state index contributed by atoms with van der Waals surface area (Å²) in [6.07, 6.45) is 5.84. The SMILES string of the molecule is CC(c1cccc(Cl)c1)N(C)C1CCCCCC1C#N. The first-order valence-corrected chi connectivity index (χ1v) is 7.88. The van der Waals surface area contributed by atoms with Gasteiger partial charge >= 0.3 is 0 Å². The second-order valence-electron chi connectivity index (χ2n) is 5.84. The van der Waals surface area contributed by atoms with E-state index in [1.165, 1.54) is 24.8 Å². The number of nitrogens with zero attached hydrogens (tertiary/aromatic N) is 2. The highest BCUT2D eigenvalue weighted by Crippen LogP contribution is 2.32. The summed E-state index contributed by atoms with van der Waals surface area (Å²) in [5.41, 5.74) is 1.22. The molecule has 0 bridgehead atoms. The molecular formula is C17H23ClN2. The highest BCUT2D eigenvalue weighted by Gasteiger charge is 2.29. The van der Waals surface area contributed by atoms with Crippen molar-refractivity contribution < 1.29 is 0 Å². The van der Waals surface area contributed by atoms with Crippen molar-refractivity contribution >= 4 is 11.6 Å². The van der Waals surface area contributed by atoms with Gasteiger partial charge in [0, 0.05) is 17.1 Å². The van der Waals surface area contributed by atoms with Crippen LogP contribution in [-0.4, -0.2) is 18.0 Å². The molecule has 20 heavy (non-hydrogen) atoms. The number of hydrogen-bond donors (Lipinski definition) is 0. The largest absolute Gasteiger partial charge is 0.295 e. The van der Waals surface area contributed by atoms with Crippen LogP contribution in [0.1, 0.15) is 50.6 Å². The van der Waals surface area contributed by atoms with Crippen LogP contribution in [0.25, 0.3) is 0 Å². The Hall–Kier alpha value is -1.04. The zero-order valence-corrected chi connectivity index (χ0v) is 13.1. The molecule has 1 aliphatic rings. The van der Waals surface area contributed by atoms with E-state index in [-0.39, 0.29) is 12.0 Å². The van der Waals surface area contributed by atoms with E-state index < -0.39 is 0 Å². The van der Waals surface area contributed by atoms with Gasteiger partial charge in [0.05, 0.1) is 12.0 Å². The quantitative estimate of drug-likeness (QED) is 0.747. The van der Waals surface area contributed by atoms with E-state index >= 15 is 0 Å². The molecule has 1 fully saturated rings. The first kappa shape index (κ1) is 15.4. The van der Waals surface area contributed by atoms with Gasteiger partial charge in [0.1, 0.15) is 0 Å². The monoisotopic (exact) mass is 290 g/mol. The van der Waals surface area contributed by atoms with Crippen LogP contribution in [-0.2, 0) is 0 Å². The van der Waals surface area contributed by atoms with Gasteiger partial charge in [-0.25, -0.2) is 0 Å². The number of rotatable bonds is 3. The number of hydrogen-bond acceptors (Lipinski definition) is 2. The highest BCUT2D eigenvalue weighted by atomic mass is 35.5. The average molecular weight is 291 g/mol. The third-order valence-corrected chi connectivity index (χ3v) is 4.85. The summed E-state index contributed by atoms with van der Waals surface area (Å²) in [7, 11) is 2.14. The Kier molecular flexibility index (Phi) is 5.46. The maximum atomic E-state index is 9.43. The van der Waals surface area contributed by atoms with Gasteiger partial charge in [-0.1, -0.05) is 43.0 Å². The van der Waals surface area contributed by atoms with Crippen LogP contribution in [0.4, 0.5) is 0 Å². The summed E-state index contributed by atoms with van der Waals surface area (Å²) in [5, 5.41) is 10.2. The molecule has 108 valence electrons. The van der Waals surface area contributed by atoms with Crippen molar-refractivity contribution in [3.63, 3.8) is 0 Å². The fourth-order valence-corrected chi connectivity index (χ4v) is 3.41. The Morgan fingerprint density at radius 2 is 2.05 bits per heavy atom. The van der Waals surface area contributed by atoms with Gasteiger partial charge < -0.3 is 0 Å². The van der Waals surface area contributed by atoms with Gasteiger partial charge in [-0.3, -0.25) is 4.90 Å². The van der Waals surface area contributed by atoms with Crippen LogP contribution in [0.5, 0.6) is 0 Å². The molecular weight excluding hydrogens is 268 g/mol. The lowest BCUT2D eigenvalue weighted by Crippen LogP contribution is -2.38. The van der Waals surface area contributed by atoms with E-state index in [2.05, 4.69) is 31.0 Å². The Labute approximate surface area is 127 Å². The minimum atomic E-state index is 0.157. The van der Waals surface area contributed by atoms with Crippen molar-refractivity contribution in [2.24, 2.45) is 5.92 Å². The molecule has 0 aliphatic heterocycles. The highest BCUT2D eigenvalue weighted by molar-refractivity contribution is 6.30. The van der Waals surface area contributed by atoms with Gasteiger partial charge in [-0.05, 0) is 44.5 Å². The lowest BCUT2D eigenvalue weighted by Gasteiger charge is -2.35. The third-order valence-electron chi connectivity index (χ3n) is 4.61. The summed E-state index contributed by atoms with van der Waals surface area (Å²) >= 11 is 6.09. The Morgan fingerprint density at radius 3 is 2.75 bits per heavy atom. The van der Waals surface area contributed by atoms with Crippen molar-refractivity contribution in [3.05, 3.63) is 34.9 Å². The number of halogens is 1. The summed E-state index contributed by atoms with van der Waals surface area (Å²) < 4.78 is 0. The Bertz CT molecular complexity index is 480. The van der Waals surface area contributed by atoms with E-state index in [4.69, 9.17) is 11.6 Å². The maximum absolute atomic E-state index is 9.43. The van der Waals surface area contributed by atoms with Crippen molar-refractivity contribution in [2.45, 2.75) is 51.1 Å². The first-order chi connectivity index (χ1) is 9.63. The van der Waals surface area contributed by atoms with Crippen molar-refractivity contribution in [2.75, 3.05) is 7.05 Å². The predicted molar refractivity (Wildman–Crippen MR) is 83.6 cm³/mol. The molecule has 0 amide bonds. The second kappa shape index (κ2) is 7.11. The molecule has 0 saturated heterocycles. The minimum Gasteiger partial charge on any atom is -0.295 e. The second-order valence-corrected chi connectivity index (χ2v) is 6.27. The maximum Gasteiger partial charge on any atom is 0.0672 e. The van der Waals surface area contributed by atoms with Crippen molar-refractivity contribution in [3.8, 4) is 6.07 Å². The number of nitriles is 1. The Balaban J connectivity index is 2.16. The molecule has 2 rings (SSSR count). The molecule has 1 saturated carbocycles. The van der Waals surface area contributed by atoms with E-state index in [0.717, 1.165) is 17.9 Å². The van der Waals surface area contributed by atoms with Gasteiger partial charge in [0.2, 0.25) is 0 Å². The van der Waals surface area contributed by atoms with E-state index in [1.54, 1.807) is 0 Å². The molecule has 0 radical (unpaired) electrons. The summed E-state index contributed by atoms with van der Waals surface area (Å²) in [4.78, 5) is 2.37. The van der Waals surface area contributed by atoms with Crippen LogP contribution in [0, 0.1) is 17.2 Å². The zero-order chi connectivity index (χ0) is 14.5. The van der Waals surface area contributed by atoms with Crippen LogP contribution < -0.4 is 0 Å². The van der Waals surface area contributed by atoms with Gasteiger partial charge in [0.25, 0.3) is 0 Å². The van der Waals surface area contributed by atoms with Crippen molar-refractivity contribution in [1.29, 1.82) is 5.26 Å². The van der Waals surface area contributed by atoms with Crippen LogP contribution >= 0.6 is 11.6 Å². The molecule has 0 spiro atoms. The zero-order valence-electron chi connectivity index (χ0n) is 12.3. The fourth-order valence-electron chi connectivity index (χ4n) is 3.21. The molecule has 1 aromatic rings. The summed E-state index contributed by atoms with van der Waals surface area (Å²) in [5.74, 6) is 0.157. The van der Waals surface area contributed by atoms with Crippen LogP contribution in [0.2, 0.25) is 5.02 Å². The average Bonchev–Trinajstić information content (AvgIpc) is 2.70. The molecule has 3 atom stereocenters. The normalized spacial score (nSPS) is 24.9. The van der Waals surface area contributed by atoms with Gasteiger partial charge in [-0.2, -0.15) is 5.26 Å². The topological polar surface area (TPSA) is 27.0 Å². The molecule has 0 heterocycles. The molecule has 0 aromatic heterocycles. The molecule has 0 N–H and O–H groups in total. The van der Waals surface area contributed by atoms with Crippen molar-refractivity contribution in [1.82, 2.24) is 4.90 Å². The summed E-state index contributed by atoms with van der Waals surface area (Å²) in [6.45, 7) is 2.20. The predicted octanol–water partition coefficient (Wildman–Crippen LogP) is 4.81. The molecule has 2 nitrogen and oxygen atoms in total. The molecule has 3 heteroatoms. The lowest BCUT2D eigenvalue weighted by molar-refractivity contribution is 0.144. The standard InChI is InChI=1S/C17H23ClN2/c1-13(14-8-6-9-16(18)11-14)20(2)17-10-5-3-4-7-15(17)12-19/h6,8-9,11,13,15,17H,3-5,7,10H2,1-2H3. The van der Waals surface area contributed by atoms with Gasteiger partial charge in [0.15, 0.2) is 0 Å². The molecule has 1 aromatic carbocycles. The van der Waals surface area contributed by atoms with E-state index in [0.29, 0.717) is 6.04 Å².